The number of aliphatic imine (C=N–C) groups is 1. The van der Waals surface area contributed by atoms with Crippen LogP contribution >= 0.6 is 0 Å². The van der Waals surface area contributed by atoms with Crippen LogP contribution < -0.4 is 20.1 Å². The molecular weight excluding hydrogens is 321 g/mol. The SMILES string of the molecule is CCNC(=NCc1ccc2c(c1)OCO2)NCCc1cccc(F)c1. The average molecular weight is 343 g/mol. The summed E-state index contributed by atoms with van der Waals surface area (Å²) < 4.78 is 23.9. The van der Waals surface area contributed by atoms with Gasteiger partial charge >= 0.3 is 0 Å². The van der Waals surface area contributed by atoms with Crippen molar-refractivity contribution in [1.82, 2.24) is 10.6 Å². The molecule has 0 aliphatic carbocycles. The fraction of sp³-hybridized carbons (Fsp3) is 0.316. The molecule has 0 unspecified atom stereocenters. The summed E-state index contributed by atoms with van der Waals surface area (Å²) in [6, 6.07) is 12.5. The van der Waals surface area contributed by atoms with Crippen LogP contribution in [0, 0.1) is 5.82 Å². The lowest BCUT2D eigenvalue weighted by atomic mass is 10.1. The van der Waals surface area contributed by atoms with E-state index in [4.69, 9.17) is 9.47 Å². The molecule has 0 radical (unpaired) electrons. The molecule has 1 aliphatic rings. The van der Waals surface area contributed by atoms with E-state index in [2.05, 4.69) is 15.6 Å². The second-order valence-electron chi connectivity index (χ2n) is 5.69. The summed E-state index contributed by atoms with van der Waals surface area (Å²) in [5.74, 6) is 2.06. The van der Waals surface area contributed by atoms with Crippen molar-refractivity contribution in [3.8, 4) is 11.5 Å². The van der Waals surface area contributed by atoms with E-state index in [1.54, 1.807) is 12.1 Å². The quantitative estimate of drug-likeness (QED) is 0.626. The molecular formula is C19H22FN3O2. The lowest BCUT2D eigenvalue weighted by Crippen LogP contribution is -2.38. The summed E-state index contributed by atoms with van der Waals surface area (Å²) in [5.41, 5.74) is 2.01. The first-order chi connectivity index (χ1) is 12.2. The number of fused-ring (bicyclic) bond motifs is 1. The first-order valence-corrected chi connectivity index (χ1v) is 8.40. The zero-order chi connectivity index (χ0) is 17.5. The smallest absolute Gasteiger partial charge is 0.231 e. The lowest BCUT2D eigenvalue weighted by Gasteiger charge is -2.11. The molecule has 5 nitrogen and oxygen atoms in total. The Bertz CT molecular complexity index is 749. The second-order valence-corrected chi connectivity index (χ2v) is 5.69. The zero-order valence-corrected chi connectivity index (χ0v) is 14.2. The predicted molar refractivity (Wildman–Crippen MR) is 95.5 cm³/mol. The molecule has 1 heterocycles. The van der Waals surface area contributed by atoms with Gasteiger partial charge in [0.1, 0.15) is 5.82 Å². The van der Waals surface area contributed by atoms with Crippen molar-refractivity contribution in [3.05, 3.63) is 59.4 Å². The Morgan fingerprint density at radius 2 is 1.96 bits per heavy atom. The minimum atomic E-state index is -0.208. The Morgan fingerprint density at radius 3 is 2.80 bits per heavy atom. The fourth-order valence-corrected chi connectivity index (χ4v) is 2.57. The third kappa shape index (κ3) is 4.86. The van der Waals surface area contributed by atoms with Crippen molar-refractivity contribution in [3.63, 3.8) is 0 Å². The maximum atomic E-state index is 13.2. The highest BCUT2D eigenvalue weighted by Gasteiger charge is 2.12. The summed E-state index contributed by atoms with van der Waals surface area (Å²) in [4.78, 5) is 4.58. The molecule has 3 rings (SSSR count). The van der Waals surface area contributed by atoms with Crippen molar-refractivity contribution in [2.75, 3.05) is 19.9 Å². The van der Waals surface area contributed by atoms with Gasteiger partial charge in [0.25, 0.3) is 0 Å². The molecule has 0 bridgehead atoms. The number of halogens is 1. The van der Waals surface area contributed by atoms with Gasteiger partial charge in [-0.3, -0.25) is 0 Å². The molecule has 0 amide bonds. The highest BCUT2D eigenvalue weighted by atomic mass is 19.1. The Kier molecular flexibility index (Phi) is 5.72. The van der Waals surface area contributed by atoms with Crippen molar-refractivity contribution >= 4 is 5.96 Å². The van der Waals surface area contributed by atoms with Gasteiger partial charge in [0, 0.05) is 13.1 Å². The van der Waals surface area contributed by atoms with Gasteiger partial charge in [-0.1, -0.05) is 18.2 Å². The van der Waals surface area contributed by atoms with E-state index >= 15 is 0 Å². The molecule has 2 N–H and O–H groups in total. The summed E-state index contributed by atoms with van der Waals surface area (Å²) in [6.45, 7) is 4.27. The molecule has 2 aromatic carbocycles. The number of rotatable bonds is 6. The maximum absolute atomic E-state index is 13.2. The molecule has 2 aromatic rings. The molecule has 0 spiro atoms. The number of ether oxygens (including phenoxy) is 2. The Hall–Kier alpha value is -2.76. The van der Waals surface area contributed by atoms with Crippen LogP contribution in [0.2, 0.25) is 0 Å². The van der Waals surface area contributed by atoms with E-state index in [9.17, 15) is 4.39 Å². The molecule has 25 heavy (non-hydrogen) atoms. The van der Waals surface area contributed by atoms with E-state index in [1.165, 1.54) is 6.07 Å². The second kappa shape index (κ2) is 8.37. The predicted octanol–water partition coefficient (Wildman–Crippen LogP) is 2.85. The molecule has 0 aromatic heterocycles. The molecule has 0 saturated carbocycles. The van der Waals surface area contributed by atoms with Crippen LogP contribution in [0.5, 0.6) is 11.5 Å². The maximum Gasteiger partial charge on any atom is 0.231 e. The zero-order valence-electron chi connectivity index (χ0n) is 14.2. The van der Waals surface area contributed by atoms with Crippen LogP contribution in [0.3, 0.4) is 0 Å². The van der Waals surface area contributed by atoms with Gasteiger partial charge in [-0.25, -0.2) is 9.38 Å². The van der Waals surface area contributed by atoms with Gasteiger partial charge in [0.05, 0.1) is 6.54 Å². The number of guanidine groups is 1. The molecule has 1 aliphatic heterocycles. The minimum absolute atomic E-state index is 0.208. The van der Waals surface area contributed by atoms with Crippen molar-refractivity contribution < 1.29 is 13.9 Å². The number of hydrogen-bond acceptors (Lipinski definition) is 3. The van der Waals surface area contributed by atoms with Crippen LogP contribution in [-0.2, 0) is 13.0 Å². The summed E-state index contributed by atoms with van der Waals surface area (Å²) in [7, 11) is 0. The third-order valence-corrected chi connectivity index (χ3v) is 3.80. The number of nitrogens with zero attached hydrogens (tertiary/aromatic N) is 1. The normalized spacial score (nSPS) is 13.0. The van der Waals surface area contributed by atoms with Gasteiger partial charge in [-0.15, -0.1) is 0 Å². The van der Waals surface area contributed by atoms with Crippen LogP contribution in [0.1, 0.15) is 18.1 Å². The van der Waals surface area contributed by atoms with Crippen LogP contribution in [0.25, 0.3) is 0 Å². The minimum Gasteiger partial charge on any atom is -0.454 e. The highest BCUT2D eigenvalue weighted by molar-refractivity contribution is 5.79. The van der Waals surface area contributed by atoms with E-state index in [0.717, 1.165) is 41.6 Å². The van der Waals surface area contributed by atoms with Gasteiger partial charge in [0.2, 0.25) is 6.79 Å². The monoisotopic (exact) mass is 343 g/mol. The average Bonchev–Trinajstić information content (AvgIpc) is 3.07. The van der Waals surface area contributed by atoms with Crippen LogP contribution in [0.4, 0.5) is 4.39 Å². The van der Waals surface area contributed by atoms with E-state index in [0.29, 0.717) is 13.1 Å². The van der Waals surface area contributed by atoms with Crippen LogP contribution in [-0.4, -0.2) is 25.8 Å². The topological polar surface area (TPSA) is 54.9 Å². The van der Waals surface area contributed by atoms with Crippen molar-refractivity contribution in [2.45, 2.75) is 19.9 Å². The van der Waals surface area contributed by atoms with E-state index in [1.807, 2.05) is 31.2 Å². The Balaban J connectivity index is 1.55. The number of nitrogens with one attached hydrogen (secondary N) is 2. The van der Waals surface area contributed by atoms with E-state index in [-0.39, 0.29) is 12.6 Å². The molecule has 0 saturated heterocycles. The van der Waals surface area contributed by atoms with Gasteiger partial charge < -0.3 is 20.1 Å². The summed E-state index contributed by atoms with van der Waals surface area (Å²) >= 11 is 0. The summed E-state index contributed by atoms with van der Waals surface area (Å²) in [6.07, 6.45) is 0.728. The highest BCUT2D eigenvalue weighted by Crippen LogP contribution is 2.32. The number of benzene rings is 2. The van der Waals surface area contributed by atoms with Crippen molar-refractivity contribution in [1.29, 1.82) is 0 Å². The van der Waals surface area contributed by atoms with Gasteiger partial charge in [0.15, 0.2) is 17.5 Å². The fourth-order valence-electron chi connectivity index (χ4n) is 2.57. The molecule has 132 valence electrons. The first kappa shape index (κ1) is 17.1. The van der Waals surface area contributed by atoms with Crippen molar-refractivity contribution in [2.24, 2.45) is 4.99 Å². The Labute approximate surface area is 146 Å². The Morgan fingerprint density at radius 1 is 1.08 bits per heavy atom. The lowest BCUT2D eigenvalue weighted by molar-refractivity contribution is 0.174. The van der Waals surface area contributed by atoms with Gasteiger partial charge in [-0.2, -0.15) is 0 Å². The van der Waals surface area contributed by atoms with Crippen LogP contribution in [0.15, 0.2) is 47.5 Å². The largest absolute Gasteiger partial charge is 0.454 e. The van der Waals surface area contributed by atoms with E-state index < -0.39 is 0 Å². The summed E-state index contributed by atoms with van der Waals surface area (Å²) in [5, 5.41) is 6.48. The van der Waals surface area contributed by atoms with Gasteiger partial charge in [-0.05, 0) is 48.7 Å². The molecule has 0 fully saturated rings. The standard InChI is InChI=1S/C19H22FN3O2/c1-2-21-19(22-9-8-14-4-3-5-16(20)10-14)23-12-15-6-7-17-18(11-15)25-13-24-17/h3-7,10-11H,2,8-9,12-13H2,1H3,(H2,21,22,23). The third-order valence-electron chi connectivity index (χ3n) is 3.80. The molecule has 6 heteroatoms. The molecule has 0 atom stereocenters. The first-order valence-electron chi connectivity index (χ1n) is 8.40. The number of hydrogen-bond donors (Lipinski definition) is 2.